The number of unbranched alkanes of at least 4 members (excludes halogenated alkanes) is 2. The van der Waals surface area contributed by atoms with E-state index >= 15 is 0 Å². The van der Waals surface area contributed by atoms with E-state index in [2.05, 4.69) is 4.90 Å². The molecule has 0 aliphatic heterocycles. The second-order valence-electron chi connectivity index (χ2n) is 13.0. The van der Waals surface area contributed by atoms with Gasteiger partial charge in [0.05, 0.1) is 28.1 Å². The number of rotatable bonds is 13. The molecule has 0 atom stereocenters. The van der Waals surface area contributed by atoms with Crippen molar-refractivity contribution in [3.8, 4) is 0 Å². The minimum Gasteiger partial charge on any atom is -0.731 e. The van der Waals surface area contributed by atoms with E-state index in [4.69, 9.17) is 13.9 Å². The second-order valence-corrected chi connectivity index (χ2v) is 14.3. The number of carboxylic acids is 1. The number of carboxylic acid groups (broad SMARTS) is 1. The molecule has 0 bridgehead atoms. The van der Waals surface area contributed by atoms with Gasteiger partial charge in [-0.15, -0.1) is 0 Å². The zero-order valence-corrected chi connectivity index (χ0v) is 29.3. The molecule has 258 valence electrons. The molecule has 1 aliphatic rings. The first-order chi connectivity index (χ1) is 22.7. The van der Waals surface area contributed by atoms with Crippen molar-refractivity contribution in [1.82, 2.24) is 0 Å². The number of fused-ring (bicyclic) bond motifs is 2. The number of hydrogen-bond donors (Lipinski definition) is 1. The highest BCUT2D eigenvalue weighted by atomic mass is 32.2. The van der Waals surface area contributed by atoms with E-state index in [0.717, 1.165) is 46.9 Å². The molecule has 1 fully saturated rings. The van der Waals surface area contributed by atoms with Crippen molar-refractivity contribution in [3.63, 3.8) is 0 Å². The number of aliphatic carboxylic acids is 1. The average Bonchev–Trinajstić information content (AvgIpc) is 3.90. The lowest BCUT2D eigenvalue weighted by Gasteiger charge is -2.25. The van der Waals surface area contributed by atoms with Crippen molar-refractivity contribution in [2.75, 3.05) is 28.8 Å². The molecule has 10 nitrogen and oxygen atoms in total. The lowest BCUT2D eigenvalue weighted by atomic mass is 9.91. The van der Waals surface area contributed by atoms with Gasteiger partial charge in [-0.05, 0) is 83.9 Å². The predicted molar refractivity (Wildman–Crippen MR) is 191 cm³/mol. The number of benzene rings is 2. The lowest BCUT2D eigenvalue weighted by molar-refractivity contribution is -0.137. The summed E-state index contributed by atoms with van der Waals surface area (Å²) < 4.78 is 48.1. The Morgan fingerprint density at radius 1 is 0.938 bits per heavy atom. The highest BCUT2D eigenvalue weighted by Crippen LogP contribution is 2.33. The molecule has 0 saturated heterocycles. The standard InChI is InChI=1S/C34H40N2O8S.C3H6/c1-6-35(18-10-8-9-11-32(37)38)26-15-14-24-19-25(33(39)44-29(24)21-26)13-12-23-20-31(34(3,4)5)43-30-22-27(16-17-28(23)30)36(7-2)45(40,41)42;1-2-3-1/h12-17,19-22H,6-11,18H2,1-5H3,(H-,37,38,40,41,42);1-3H2. The summed E-state index contributed by atoms with van der Waals surface area (Å²) in [5.41, 5.74) is 2.24. The van der Waals surface area contributed by atoms with Gasteiger partial charge in [0, 0.05) is 54.8 Å². The molecule has 1 saturated carbocycles. The van der Waals surface area contributed by atoms with Crippen LogP contribution in [0.5, 0.6) is 0 Å². The topological polar surface area (TPSA) is 142 Å². The van der Waals surface area contributed by atoms with E-state index in [-0.39, 0.29) is 24.1 Å². The Morgan fingerprint density at radius 3 is 2.23 bits per heavy atom. The van der Waals surface area contributed by atoms with Gasteiger partial charge in [-0.3, -0.25) is 9.10 Å². The van der Waals surface area contributed by atoms with Crippen LogP contribution < -0.4 is 14.8 Å². The molecule has 0 radical (unpaired) electrons. The van der Waals surface area contributed by atoms with Crippen molar-refractivity contribution in [2.24, 2.45) is 0 Å². The Morgan fingerprint density at radius 2 is 1.62 bits per heavy atom. The molecule has 5 rings (SSSR count). The third-order valence-electron chi connectivity index (χ3n) is 7.98. The summed E-state index contributed by atoms with van der Waals surface area (Å²) in [6.45, 7) is 11.1. The molecule has 2 aromatic carbocycles. The first-order valence-electron chi connectivity index (χ1n) is 16.6. The molecule has 2 heterocycles. The van der Waals surface area contributed by atoms with E-state index < -0.39 is 21.9 Å². The molecular weight excluding hydrogens is 632 g/mol. The minimum absolute atomic E-state index is 0.0205. The quantitative estimate of drug-likeness (QED) is 0.0640. The van der Waals surface area contributed by atoms with Crippen molar-refractivity contribution in [2.45, 2.75) is 85.0 Å². The SMILES string of the molecule is C1CC1.CCN(CCCCCC(=O)O)c1ccc2cc(C=Cc3cc(C(C)(C)C)[o+]c4cc(N(CC)S(=O)(=O)[O-])ccc34)c(=O)oc2c1. The number of anilines is 2. The van der Waals surface area contributed by atoms with Gasteiger partial charge in [0.2, 0.25) is 0 Å². The van der Waals surface area contributed by atoms with Crippen LogP contribution >= 0.6 is 0 Å². The average molecular weight is 679 g/mol. The Hall–Kier alpha value is -4.22. The Bertz CT molecular complexity index is 1940. The molecule has 0 amide bonds. The van der Waals surface area contributed by atoms with E-state index in [1.165, 1.54) is 19.3 Å². The maximum absolute atomic E-state index is 13.1. The second kappa shape index (κ2) is 15.8. The van der Waals surface area contributed by atoms with Gasteiger partial charge < -0.3 is 19.0 Å². The molecule has 11 heteroatoms. The molecule has 1 N–H and O–H groups in total. The van der Waals surface area contributed by atoms with Crippen LogP contribution in [0.1, 0.15) is 96.5 Å². The molecule has 2 aromatic heterocycles. The molecule has 0 spiro atoms. The monoisotopic (exact) mass is 678 g/mol. The Labute approximate surface area is 282 Å². The summed E-state index contributed by atoms with van der Waals surface area (Å²) >= 11 is 0. The van der Waals surface area contributed by atoms with Gasteiger partial charge in [0.1, 0.15) is 5.58 Å². The smallest absolute Gasteiger partial charge is 0.362 e. The van der Waals surface area contributed by atoms with E-state index in [1.54, 1.807) is 43.3 Å². The highest BCUT2D eigenvalue weighted by Gasteiger charge is 2.29. The first-order valence-corrected chi connectivity index (χ1v) is 18.0. The minimum atomic E-state index is -4.71. The summed E-state index contributed by atoms with van der Waals surface area (Å²) in [7, 11) is -4.71. The fourth-order valence-corrected chi connectivity index (χ4v) is 5.86. The largest absolute Gasteiger partial charge is 0.731 e. The molecule has 1 aliphatic carbocycles. The van der Waals surface area contributed by atoms with Gasteiger partial charge in [-0.25, -0.2) is 17.6 Å². The van der Waals surface area contributed by atoms with Crippen LogP contribution in [0.3, 0.4) is 0 Å². The Kier molecular flexibility index (Phi) is 12.0. The van der Waals surface area contributed by atoms with Crippen LogP contribution in [-0.2, 0) is 20.5 Å². The van der Waals surface area contributed by atoms with Gasteiger partial charge in [0.15, 0.2) is 10.3 Å². The van der Waals surface area contributed by atoms with Crippen LogP contribution in [-0.4, -0.2) is 43.7 Å². The van der Waals surface area contributed by atoms with Crippen molar-refractivity contribution in [3.05, 3.63) is 75.8 Å². The fraction of sp³-hybridized carbons (Fsp3) is 0.432. The summed E-state index contributed by atoms with van der Waals surface area (Å²) in [5.74, 6) is -0.141. The number of carbonyl (C=O) groups is 1. The van der Waals surface area contributed by atoms with E-state index in [1.807, 2.05) is 52.0 Å². The molecule has 48 heavy (non-hydrogen) atoms. The number of nitrogens with zero attached hydrogens (tertiary/aromatic N) is 2. The fourth-order valence-electron chi connectivity index (χ4n) is 5.17. The third-order valence-corrected chi connectivity index (χ3v) is 8.98. The summed E-state index contributed by atoms with van der Waals surface area (Å²) in [5, 5.41) is 10.3. The third kappa shape index (κ3) is 9.90. The zero-order valence-electron chi connectivity index (χ0n) is 28.5. The Balaban J connectivity index is 0.00000164. The van der Waals surface area contributed by atoms with Crippen LogP contribution in [0, 0.1) is 0 Å². The zero-order chi connectivity index (χ0) is 35.1. The van der Waals surface area contributed by atoms with Crippen LogP contribution in [0.2, 0.25) is 0 Å². The lowest BCUT2D eigenvalue weighted by Crippen LogP contribution is -2.30. The van der Waals surface area contributed by atoms with Gasteiger partial charge in [0.25, 0.3) is 0 Å². The van der Waals surface area contributed by atoms with Crippen LogP contribution in [0.4, 0.5) is 11.4 Å². The van der Waals surface area contributed by atoms with Crippen molar-refractivity contribution in [1.29, 1.82) is 0 Å². The molecular formula is C37H46N2O8S. The van der Waals surface area contributed by atoms with Crippen molar-refractivity contribution < 1.29 is 31.7 Å². The van der Waals surface area contributed by atoms with Crippen LogP contribution in [0.15, 0.2) is 62.2 Å². The maximum atomic E-state index is 13.1. The summed E-state index contributed by atoms with van der Waals surface area (Å²) in [4.78, 5) is 26.0. The van der Waals surface area contributed by atoms with E-state index in [0.29, 0.717) is 34.3 Å². The predicted octanol–water partition coefficient (Wildman–Crippen LogP) is 8.22. The van der Waals surface area contributed by atoms with Gasteiger partial charge in [-0.2, -0.15) is 0 Å². The van der Waals surface area contributed by atoms with Crippen molar-refractivity contribution >= 4 is 61.7 Å². The molecule has 0 unspecified atom stereocenters. The summed E-state index contributed by atoms with van der Waals surface area (Å²) in [6.07, 6.45) is 10.5. The maximum Gasteiger partial charge on any atom is 0.362 e. The number of hydrogen-bond acceptors (Lipinski definition) is 7. The van der Waals surface area contributed by atoms with Gasteiger partial charge in [-0.1, -0.05) is 31.8 Å². The van der Waals surface area contributed by atoms with E-state index in [9.17, 15) is 22.6 Å². The van der Waals surface area contributed by atoms with Crippen LogP contribution in [0.25, 0.3) is 34.1 Å². The molecule has 4 aromatic rings. The van der Waals surface area contributed by atoms with Gasteiger partial charge >= 0.3 is 22.9 Å². The normalized spacial score (nSPS) is 13.0. The highest BCUT2D eigenvalue weighted by molar-refractivity contribution is 7.87. The summed E-state index contributed by atoms with van der Waals surface area (Å²) in [6, 6.07) is 14.2. The first kappa shape index (κ1) is 36.6.